The van der Waals surface area contributed by atoms with Crippen molar-refractivity contribution < 1.29 is 17.9 Å². The molecule has 0 saturated carbocycles. The van der Waals surface area contributed by atoms with E-state index >= 15 is 0 Å². The van der Waals surface area contributed by atoms with E-state index in [0.717, 1.165) is 32.2 Å². The standard InChI is InChI=1S/C19H29N3O4S/c1-2-26-16-7-3-8-17(12-16)27(24,25)22-11-5-6-15(14-22)13-21-19(23)18-9-4-10-20-18/h3,7-8,12,15,18,20H,2,4-6,9-11,13-14H2,1H3,(H,21,23). The summed E-state index contributed by atoms with van der Waals surface area (Å²) in [5.41, 5.74) is 0. The van der Waals surface area contributed by atoms with Crippen molar-refractivity contribution >= 4 is 15.9 Å². The Bertz CT molecular complexity index is 747. The summed E-state index contributed by atoms with van der Waals surface area (Å²) in [4.78, 5) is 12.4. The summed E-state index contributed by atoms with van der Waals surface area (Å²) in [6.07, 6.45) is 3.61. The van der Waals surface area contributed by atoms with Gasteiger partial charge < -0.3 is 15.4 Å². The number of carbonyl (C=O) groups is 1. The van der Waals surface area contributed by atoms with E-state index in [0.29, 0.717) is 32.0 Å². The van der Waals surface area contributed by atoms with Crippen LogP contribution in [0.3, 0.4) is 0 Å². The summed E-state index contributed by atoms with van der Waals surface area (Å²) < 4.78 is 33.0. The summed E-state index contributed by atoms with van der Waals surface area (Å²) in [5.74, 6) is 0.717. The molecule has 0 spiro atoms. The average Bonchev–Trinajstić information content (AvgIpc) is 3.22. The van der Waals surface area contributed by atoms with Gasteiger partial charge in [-0.05, 0) is 57.2 Å². The van der Waals surface area contributed by atoms with Crippen molar-refractivity contribution in [1.82, 2.24) is 14.9 Å². The maximum Gasteiger partial charge on any atom is 0.243 e. The first-order chi connectivity index (χ1) is 13.0. The SMILES string of the molecule is CCOc1cccc(S(=O)(=O)N2CCCC(CNC(=O)C3CCCN3)C2)c1. The molecule has 2 fully saturated rings. The van der Waals surface area contributed by atoms with E-state index in [1.807, 2.05) is 6.92 Å². The van der Waals surface area contributed by atoms with E-state index in [2.05, 4.69) is 10.6 Å². The maximum absolute atomic E-state index is 13.0. The number of piperidine rings is 1. The number of sulfonamides is 1. The second-order valence-electron chi connectivity index (χ2n) is 7.17. The minimum atomic E-state index is -3.56. The molecule has 7 nitrogen and oxygen atoms in total. The lowest BCUT2D eigenvalue weighted by Gasteiger charge is -2.32. The highest BCUT2D eigenvalue weighted by atomic mass is 32.2. The zero-order chi connectivity index (χ0) is 19.3. The Kier molecular flexibility index (Phi) is 6.73. The quantitative estimate of drug-likeness (QED) is 0.728. The fourth-order valence-electron chi connectivity index (χ4n) is 3.73. The highest BCUT2D eigenvalue weighted by molar-refractivity contribution is 7.89. The molecule has 2 heterocycles. The molecule has 1 amide bonds. The Labute approximate surface area is 161 Å². The monoisotopic (exact) mass is 395 g/mol. The smallest absolute Gasteiger partial charge is 0.243 e. The zero-order valence-corrected chi connectivity index (χ0v) is 16.6. The van der Waals surface area contributed by atoms with Crippen LogP contribution in [0.15, 0.2) is 29.2 Å². The van der Waals surface area contributed by atoms with Gasteiger partial charge in [-0.3, -0.25) is 4.79 Å². The summed E-state index contributed by atoms with van der Waals surface area (Å²) in [6, 6.07) is 6.54. The fourth-order valence-corrected chi connectivity index (χ4v) is 5.32. The molecule has 2 N–H and O–H groups in total. The second kappa shape index (κ2) is 9.03. The highest BCUT2D eigenvalue weighted by Gasteiger charge is 2.31. The normalized spacial score (nSPS) is 23.9. The van der Waals surface area contributed by atoms with Gasteiger partial charge in [-0.25, -0.2) is 8.42 Å². The highest BCUT2D eigenvalue weighted by Crippen LogP contribution is 2.25. The van der Waals surface area contributed by atoms with Crippen molar-refractivity contribution in [2.75, 3.05) is 32.8 Å². The third-order valence-electron chi connectivity index (χ3n) is 5.18. The van der Waals surface area contributed by atoms with Gasteiger partial charge in [0.2, 0.25) is 15.9 Å². The number of hydrogen-bond donors (Lipinski definition) is 2. The van der Waals surface area contributed by atoms with Crippen molar-refractivity contribution in [3.8, 4) is 5.75 Å². The molecule has 150 valence electrons. The van der Waals surface area contributed by atoms with E-state index in [1.165, 1.54) is 4.31 Å². The predicted octanol–water partition coefficient (Wildman–Crippen LogP) is 1.35. The van der Waals surface area contributed by atoms with E-state index < -0.39 is 10.0 Å². The average molecular weight is 396 g/mol. The van der Waals surface area contributed by atoms with E-state index in [-0.39, 0.29) is 22.8 Å². The van der Waals surface area contributed by atoms with Gasteiger partial charge in [0.15, 0.2) is 0 Å². The van der Waals surface area contributed by atoms with Gasteiger partial charge in [-0.2, -0.15) is 4.31 Å². The van der Waals surface area contributed by atoms with Gasteiger partial charge in [-0.15, -0.1) is 0 Å². The van der Waals surface area contributed by atoms with Crippen LogP contribution >= 0.6 is 0 Å². The Morgan fingerprint density at radius 2 is 2.19 bits per heavy atom. The largest absolute Gasteiger partial charge is 0.494 e. The zero-order valence-electron chi connectivity index (χ0n) is 15.8. The molecule has 3 rings (SSSR count). The molecule has 2 atom stereocenters. The molecule has 0 aromatic heterocycles. The Balaban J connectivity index is 1.60. The second-order valence-corrected chi connectivity index (χ2v) is 9.11. The number of hydrogen-bond acceptors (Lipinski definition) is 5. The molecular weight excluding hydrogens is 366 g/mol. The third kappa shape index (κ3) is 5.00. The van der Waals surface area contributed by atoms with Crippen LogP contribution in [-0.4, -0.2) is 57.5 Å². The van der Waals surface area contributed by atoms with Crippen LogP contribution in [0.4, 0.5) is 0 Å². The summed E-state index contributed by atoms with van der Waals surface area (Å²) in [6.45, 7) is 4.70. The number of amides is 1. The van der Waals surface area contributed by atoms with Gasteiger partial charge in [0.25, 0.3) is 0 Å². The minimum Gasteiger partial charge on any atom is -0.494 e. The molecule has 0 aliphatic carbocycles. The first-order valence-corrected chi connectivity index (χ1v) is 11.2. The summed E-state index contributed by atoms with van der Waals surface area (Å²) in [7, 11) is -3.56. The molecule has 0 radical (unpaired) electrons. The van der Waals surface area contributed by atoms with Crippen LogP contribution in [0.25, 0.3) is 0 Å². The van der Waals surface area contributed by atoms with Crippen LogP contribution in [-0.2, 0) is 14.8 Å². The van der Waals surface area contributed by atoms with Crippen LogP contribution in [0, 0.1) is 5.92 Å². The van der Waals surface area contributed by atoms with Crippen LogP contribution in [0.2, 0.25) is 0 Å². The first kappa shape index (κ1) is 20.1. The van der Waals surface area contributed by atoms with Crippen molar-refractivity contribution in [2.45, 2.75) is 43.5 Å². The van der Waals surface area contributed by atoms with E-state index in [4.69, 9.17) is 4.74 Å². The number of ether oxygens (including phenoxy) is 1. The summed E-state index contributed by atoms with van der Waals surface area (Å²) in [5, 5.41) is 6.17. The lowest BCUT2D eigenvalue weighted by molar-refractivity contribution is -0.123. The van der Waals surface area contributed by atoms with Crippen molar-refractivity contribution in [1.29, 1.82) is 0 Å². The lowest BCUT2D eigenvalue weighted by Crippen LogP contribution is -2.46. The van der Waals surface area contributed by atoms with Gasteiger partial charge >= 0.3 is 0 Å². The number of nitrogens with zero attached hydrogens (tertiary/aromatic N) is 1. The number of nitrogens with one attached hydrogen (secondary N) is 2. The maximum atomic E-state index is 13.0. The Hall–Kier alpha value is -1.64. The topological polar surface area (TPSA) is 87.7 Å². The molecule has 2 unspecified atom stereocenters. The molecule has 1 aromatic rings. The molecule has 2 aliphatic rings. The number of rotatable bonds is 7. The number of carbonyl (C=O) groups excluding carboxylic acids is 1. The fraction of sp³-hybridized carbons (Fsp3) is 0.632. The molecule has 1 aromatic carbocycles. The van der Waals surface area contributed by atoms with Crippen LogP contribution in [0.1, 0.15) is 32.6 Å². The molecule has 2 aliphatic heterocycles. The minimum absolute atomic E-state index is 0.0249. The van der Waals surface area contributed by atoms with Crippen molar-refractivity contribution in [3.05, 3.63) is 24.3 Å². The van der Waals surface area contributed by atoms with Gasteiger partial charge in [0.05, 0.1) is 17.5 Å². The van der Waals surface area contributed by atoms with Crippen molar-refractivity contribution in [3.63, 3.8) is 0 Å². The molecular formula is C19H29N3O4S. The lowest BCUT2D eigenvalue weighted by atomic mass is 9.99. The Morgan fingerprint density at radius 1 is 1.33 bits per heavy atom. The Morgan fingerprint density at radius 3 is 2.93 bits per heavy atom. The van der Waals surface area contributed by atoms with Crippen LogP contribution in [0.5, 0.6) is 5.75 Å². The van der Waals surface area contributed by atoms with Crippen molar-refractivity contribution in [2.24, 2.45) is 5.92 Å². The first-order valence-electron chi connectivity index (χ1n) is 9.75. The molecule has 2 saturated heterocycles. The van der Waals surface area contributed by atoms with E-state index in [9.17, 15) is 13.2 Å². The third-order valence-corrected chi connectivity index (χ3v) is 7.04. The summed E-state index contributed by atoms with van der Waals surface area (Å²) >= 11 is 0. The van der Waals surface area contributed by atoms with Crippen LogP contribution < -0.4 is 15.4 Å². The van der Waals surface area contributed by atoms with Gasteiger partial charge in [0, 0.05) is 25.7 Å². The van der Waals surface area contributed by atoms with Gasteiger partial charge in [0.1, 0.15) is 5.75 Å². The van der Waals surface area contributed by atoms with Gasteiger partial charge in [-0.1, -0.05) is 6.07 Å². The predicted molar refractivity (Wildman–Crippen MR) is 103 cm³/mol. The van der Waals surface area contributed by atoms with E-state index in [1.54, 1.807) is 24.3 Å². The molecule has 27 heavy (non-hydrogen) atoms. The molecule has 8 heteroatoms. The number of benzene rings is 1. The molecule has 0 bridgehead atoms.